The van der Waals surface area contributed by atoms with Gasteiger partial charge in [-0.05, 0) is 30.9 Å². The van der Waals surface area contributed by atoms with Gasteiger partial charge in [0.05, 0.1) is 11.1 Å². The number of carbonyl (C=O) groups excluding carboxylic acids is 1. The largest absolute Gasteiger partial charge is 0.419 e. The van der Waals surface area contributed by atoms with Gasteiger partial charge in [0.15, 0.2) is 0 Å². The lowest BCUT2D eigenvalue weighted by Crippen LogP contribution is -2.39. The van der Waals surface area contributed by atoms with Crippen molar-refractivity contribution in [2.24, 2.45) is 5.92 Å². The molecule has 0 bridgehead atoms. The first-order chi connectivity index (χ1) is 9.84. The molecule has 116 valence electrons. The van der Waals surface area contributed by atoms with Crippen LogP contribution < -0.4 is 0 Å². The fraction of sp³-hybridized carbons (Fsp3) is 0.500. The maximum atomic E-state index is 13.9. The van der Waals surface area contributed by atoms with Crippen molar-refractivity contribution in [1.29, 1.82) is 0 Å². The van der Waals surface area contributed by atoms with E-state index in [0.29, 0.717) is 25.1 Å². The molecule has 1 amide bonds. The molecule has 1 aromatic carbocycles. The fourth-order valence-electron chi connectivity index (χ4n) is 2.38. The highest BCUT2D eigenvalue weighted by Crippen LogP contribution is 2.33. The molecule has 0 aromatic heterocycles. The quantitative estimate of drug-likeness (QED) is 0.569. The Bertz CT molecular complexity index is 524. The molecule has 1 aliphatic heterocycles. The van der Waals surface area contributed by atoms with Crippen LogP contribution in [0.3, 0.4) is 0 Å². The van der Waals surface area contributed by atoms with E-state index in [1.807, 2.05) is 0 Å². The van der Waals surface area contributed by atoms with Crippen LogP contribution in [-0.4, -0.2) is 29.2 Å². The molecule has 0 saturated carbocycles. The highest BCUT2D eigenvalue weighted by atomic mass is 79.9. The van der Waals surface area contributed by atoms with Crippen LogP contribution in [0.2, 0.25) is 0 Å². The number of nitrogens with zero attached hydrogens (tertiary/aromatic N) is 1. The van der Waals surface area contributed by atoms with Gasteiger partial charge in [0.2, 0.25) is 0 Å². The number of hydrogen-bond donors (Lipinski definition) is 0. The molecule has 1 aromatic rings. The third kappa shape index (κ3) is 3.56. The predicted octanol–water partition coefficient (Wildman–Crippen LogP) is 4.09. The van der Waals surface area contributed by atoms with Crippen LogP contribution >= 0.6 is 15.9 Å². The molecule has 7 heteroatoms. The summed E-state index contributed by atoms with van der Waals surface area (Å²) in [5.41, 5.74) is -1.91. The highest BCUT2D eigenvalue weighted by molar-refractivity contribution is 9.09. The monoisotopic (exact) mass is 367 g/mol. The van der Waals surface area contributed by atoms with E-state index in [1.165, 1.54) is 4.90 Å². The third-order valence-corrected chi connectivity index (χ3v) is 4.57. The molecule has 1 heterocycles. The fourth-order valence-corrected chi connectivity index (χ4v) is 3.02. The minimum atomic E-state index is -4.80. The van der Waals surface area contributed by atoms with Gasteiger partial charge in [-0.1, -0.05) is 22.0 Å². The summed E-state index contributed by atoms with van der Waals surface area (Å²) in [6.45, 7) is 0.871. The number of hydrogen-bond acceptors (Lipinski definition) is 1. The second-order valence-corrected chi connectivity index (χ2v) is 5.70. The first kappa shape index (κ1) is 16.3. The Morgan fingerprint density at radius 3 is 2.43 bits per heavy atom. The van der Waals surface area contributed by atoms with E-state index in [2.05, 4.69) is 15.9 Å². The predicted molar refractivity (Wildman–Crippen MR) is 73.8 cm³/mol. The number of benzene rings is 1. The van der Waals surface area contributed by atoms with Crippen LogP contribution in [0, 0.1) is 11.7 Å². The van der Waals surface area contributed by atoms with Gasteiger partial charge in [-0.2, -0.15) is 13.2 Å². The van der Waals surface area contributed by atoms with E-state index in [0.717, 1.165) is 30.3 Å². The van der Waals surface area contributed by atoms with Crippen LogP contribution in [0.4, 0.5) is 17.6 Å². The second kappa shape index (κ2) is 6.34. The van der Waals surface area contributed by atoms with Gasteiger partial charge in [0, 0.05) is 18.4 Å². The average molecular weight is 368 g/mol. The Morgan fingerprint density at radius 2 is 1.90 bits per heavy atom. The number of likely N-dealkylation sites (tertiary alicyclic amines) is 1. The van der Waals surface area contributed by atoms with Crippen molar-refractivity contribution in [3.63, 3.8) is 0 Å². The van der Waals surface area contributed by atoms with E-state index in [-0.39, 0.29) is 0 Å². The minimum absolute atomic E-state index is 0.435. The first-order valence-electron chi connectivity index (χ1n) is 6.55. The lowest BCUT2D eigenvalue weighted by molar-refractivity contribution is -0.140. The van der Waals surface area contributed by atoms with E-state index in [1.54, 1.807) is 0 Å². The molecule has 0 radical (unpaired) electrons. The highest BCUT2D eigenvalue weighted by Gasteiger charge is 2.36. The number of halogens is 5. The summed E-state index contributed by atoms with van der Waals surface area (Å²) in [5, 5.41) is 0.826. The standard InChI is InChI=1S/C14H14BrF4NO/c15-8-9-4-6-20(7-5-9)13(21)10-2-1-3-11(12(10)16)14(17,18)19/h1-3,9H,4-8H2. The topological polar surface area (TPSA) is 20.3 Å². The Morgan fingerprint density at radius 1 is 1.29 bits per heavy atom. The Kier molecular flexibility index (Phi) is 4.91. The molecule has 1 saturated heterocycles. The smallest absolute Gasteiger partial charge is 0.339 e. The molecule has 0 N–H and O–H groups in total. The zero-order valence-corrected chi connectivity index (χ0v) is 12.7. The molecule has 1 fully saturated rings. The summed E-state index contributed by atoms with van der Waals surface area (Å²) in [6, 6.07) is 2.80. The van der Waals surface area contributed by atoms with Crippen molar-refractivity contribution in [3.8, 4) is 0 Å². The van der Waals surface area contributed by atoms with Gasteiger partial charge < -0.3 is 4.90 Å². The number of carbonyl (C=O) groups is 1. The van der Waals surface area contributed by atoms with Crippen LogP contribution in [0.5, 0.6) is 0 Å². The van der Waals surface area contributed by atoms with Crippen molar-refractivity contribution >= 4 is 21.8 Å². The van der Waals surface area contributed by atoms with Gasteiger partial charge in [0.1, 0.15) is 5.82 Å². The zero-order chi connectivity index (χ0) is 15.6. The summed E-state index contributed by atoms with van der Waals surface area (Å²) < 4.78 is 51.9. The maximum Gasteiger partial charge on any atom is 0.419 e. The van der Waals surface area contributed by atoms with Crippen LogP contribution in [0.25, 0.3) is 0 Å². The van der Waals surface area contributed by atoms with E-state index >= 15 is 0 Å². The summed E-state index contributed by atoms with van der Waals surface area (Å²) in [5.74, 6) is -1.72. The van der Waals surface area contributed by atoms with Gasteiger partial charge in [0.25, 0.3) is 5.91 Å². The molecular formula is C14H14BrF4NO. The third-order valence-electron chi connectivity index (χ3n) is 3.65. The molecule has 2 rings (SSSR count). The van der Waals surface area contributed by atoms with Gasteiger partial charge in [-0.15, -0.1) is 0 Å². The number of rotatable bonds is 2. The maximum absolute atomic E-state index is 13.9. The zero-order valence-electron chi connectivity index (χ0n) is 11.1. The molecule has 2 nitrogen and oxygen atoms in total. The summed E-state index contributed by atoms with van der Waals surface area (Å²) in [7, 11) is 0. The second-order valence-electron chi connectivity index (χ2n) is 5.05. The van der Waals surface area contributed by atoms with Crippen molar-refractivity contribution in [2.75, 3.05) is 18.4 Å². The van der Waals surface area contributed by atoms with E-state index in [9.17, 15) is 22.4 Å². The Balaban J connectivity index is 2.21. The van der Waals surface area contributed by atoms with Crippen molar-refractivity contribution in [1.82, 2.24) is 4.90 Å². The molecule has 0 aliphatic carbocycles. The van der Waals surface area contributed by atoms with Crippen LogP contribution in [0.15, 0.2) is 18.2 Å². The van der Waals surface area contributed by atoms with Crippen molar-refractivity contribution in [3.05, 3.63) is 35.1 Å². The molecule has 0 atom stereocenters. The summed E-state index contributed by atoms with van der Waals surface area (Å²) >= 11 is 3.37. The van der Waals surface area contributed by atoms with E-state index in [4.69, 9.17) is 0 Å². The molecule has 21 heavy (non-hydrogen) atoms. The number of piperidine rings is 1. The number of alkyl halides is 4. The van der Waals surface area contributed by atoms with Gasteiger partial charge >= 0.3 is 6.18 Å². The molecule has 0 unspecified atom stereocenters. The number of amides is 1. The normalized spacial score (nSPS) is 17.1. The molecular weight excluding hydrogens is 354 g/mol. The van der Waals surface area contributed by atoms with Crippen molar-refractivity contribution < 1.29 is 22.4 Å². The molecule has 0 spiro atoms. The van der Waals surface area contributed by atoms with Crippen LogP contribution in [0.1, 0.15) is 28.8 Å². The lowest BCUT2D eigenvalue weighted by atomic mass is 9.98. The lowest BCUT2D eigenvalue weighted by Gasteiger charge is -2.31. The summed E-state index contributed by atoms with van der Waals surface area (Å²) in [6.07, 6.45) is -3.28. The van der Waals surface area contributed by atoms with E-state index < -0.39 is 29.0 Å². The first-order valence-corrected chi connectivity index (χ1v) is 7.67. The Labute approximate surface area is 128 Å². The summed E-state index contributed by atoms with van der Waals surface area (Å²) in [4.78, 5) is 13.6. The van der Waals surface area contributed by atoms with Gasteiger partial charge in [-0.25, -0.2) is 4.39 Å². The minimum Gasteiger partial charge on any atom is -0.339 e. The van der Waals surface area contributed by atoms with Gasteiger partial charge in [-0.3, -0.25) is 4.79 Å². The molecule has 1 aliphatic rings. The van der Waals surface area contributed by atoms with Crippen molar-refractivity contribution in [2.45, 2.75) is 19.0 Å². The average Bonchev–Trinajstić information content (AvgIpc) is 2.45. The SMILES string of the molecule is O=C(c1cccc(C(F)(F)F)c1F)N1CCC(CBr)CC1. The Hall–Kier alpha value is -1.11. The van der Waals surface area contributed by atoms with Crippen LogP contribution in [-0.2, 0) is 6.18 Å².